The molecular formula is C19H18O5. The molecule has 1 unspecified atom stereocenters. The van der Waals surface area contributed by atoms with Crippen LogP contribution < -0.4 is 4.74 Å². The first-order valence-corrected chi connectivity index (χ1v) is 7.69. The highest BCUT2D eigenvalue weighted by Crippen LogP contribution is 2.49. The Hall–Kier alpha value is -2.69. The Morgan fingerprint density at radius 1 is 1.12 bits per heavy atom. The van der Waals surface area contributed by atoms with E-state index in [2.05, 4.69) is 0 Å². The number of allylic oxidation sites excluding steroid dienone is 2. The van der Waals surface area contributed by atoms with Gasteiger partial charge in [-0.3, -0.25) is 14.4 Å². The Morgan fingerprint density at radius 3 is 2.46 bits per heavy atom. The van der Waals surface area contributed by atoms with Crippen LogP contribution in [-0.2, 0) is 24.5 Å². The first kappa shape index (κ1) is 16.2. The number of ether oxygens (including phenoxy) is 2. The summed E-state index contributed by atoms with van der Waals surface area (Å²) in [6.45, 7) is 6.50. The molecule has 24 heavy (non-hydrogen) atoms. The van der Waals surface area contributed by atoms with E-state index in [0.29, 0.717) is 11.3 Å². The molecule has 0 bridgehead atoms. The summed E-state index contributed by atoms with van der Waals surface area (Å²) in [6.07, 6.45) is 2.54. The zero-order chi connectivity index (χ0) is 17.6. The summed E-state index contributed by atoms with van der Waals surface area (Å²) >= 11 is 0. The molecule has 0 saturated carbocycles. The van der Waals surface area contributed by atoms with Crippen LogP contribution in [-0.4, -0.2) is 23.8 Å². The van der Waals surface area contributed by atoms with Gasteiger partial charge in [0.15, 0.2) is 6.10 Å². The predicted molar refractivity (Wildman–Crippen MR) is 87.4 cm³/mol. The Labute approximate surface area is 139 Å². The van der Waals surface area contributed by atoms with Crippen molar-refractivity contribution in [2.75, 3.05) is 0 Å². The van der Waals surface area contributed by atoms with Crippen molar-refractivity contribution in [1.82, 2.24) is 0 Å². The standard InChI is InChI=1S/C19H18O5/c1-10(20)23-12-5-6-13-14-7-8-16(24-11(2)21)18(22)17(14)19(3,4)15(13)9-12/h5-9,16H,1-4H3. The lowest BCUT2D eigenvalue weighted by Gasteiger charge is -2.27. The van der Waals surface area contributed by atoms with Crippen LogP contribution in [0.2, 0.25) is 0 Å². The third kappa shape index (κ3) is 2.46. The number of esters is 2. The number of ketones is 1. The molecule has 2 aliphatic carbocycles. The fraction of sp³-hybridized carbons (Fsp3) is 0.316. The molecule has 0 amide bonds. The van der Waals surface area contributed by atoms with Crippen molar-refractivity contribution >= 4 is 23.3 Å². The van der Waals surface area contributed by atoms with Crippen molar-refractivity contribution in [3.63, 3.8) is 0 Å². The van der Waals surface area contributed by atoms with Crippen LogP contribution in [0, 0.1) is 0 Å². The molecule has 2 aliphatic rings. The minimum absolute atomic E-state index is 0.210. The van der Waals surface area contributed by atoms with Crippen molar-refractivity contribution in [2.45, 2.75) is 39.2 Å². The van der Waals surface area contributed by atoms with Gasteiger partial charge >= 0.3 is 11.9 Å². The minimum Gasteiger partial charge on any atom is -0.450 e. The molecule has 0 spiro atoms. The third-order valence-electron chi connectivity index (χ3n) is 4.35. The Morgan fingerprint density at radius 2 is 1.83 bits per heavy atom. The summed E-state index contributed by atoms with van der Waals surface area (Å²) in [6, 6.07) is 5.35. The summed E-state index contributed by atoms with van der Waals surface area (Å²) in [7, 11) is 0. The molecule has 0 fully saturated rings. The molecule has 0 saturated heterocycles. The van der Waals surface area contributed by atoms with Crippen LogP contribution in [0.15, 0.2) is 35.9 Å². The van der Waals surface area contributed by atoms with Crippen LogP contribution in [0.5, 0.6) is 5.75 Å². The van der Waals surface area contributed by atoms with E-state index < -0.39 is 23.5 Å². The maximum absolute atomic E-state index is 12.8. The SMILES string of the molecule is CC(=O)Oc1ccc2c(c1)C(C)(C)C1=C2C=CC(OC(C)=O)C1=O. The molecule has 3 rings (SSSR count). The van der Waals surface area contributed by atoms with Gasteiger partial charge in [-0.25, -0.2) is 0 Å². The second-order valence-electron chi connectivity index (χ2n) is 6.47. The van der Waals surface area contributed by atoms with Crippen LogP contribution >= 0.6 is 0 Å². The zero-order valence-electron chi connectivity index (χ0n) is 14.0. The molecule has 1 aromatic carbocycles. The molecule has 0 aliphatic heterocycles. The molecule has 0 N–H and O–H groups in total. The molecule has 1 atom stereocenters. The highest BCUT2D eigenvalue weighted by atomic mass is 16.5. The average Bonchev–Trinajstić information content (AvgIpc) is 2.69. The van der Waals surface area contributed by atoms with Gasteiger partial charge in [-0.1, -0.05) is 26.0 Å². The Balaban J connectivity index is 2.05. The lowest BCUT2D eigenvalue weighted by molar-refractivity contribution is -0.149. The minimum atomic E-state index is -0.886. The van der Waals surface area contributed by atoms with Gasteiger partial charge in [0.2, 0.25) is 5.78 Å². The van der Waals surface area contributed by atoms with Gasteiger partial charge in [0.05, 0.1) is 0 Å². The zero-order valence-corrected chi connectivity index (χ0v) is 14.0. The smallest absolute Gasteiger partial charge is 0.308 e. The first-order valence-electron chi connectivity index (χ1n) is 7.69. The van der Waals surface area contributed by atoms with E-state index in [1.165, 1.54) is 13.8 Å². The second kappa shape index (κ2) is 5.44. The van der Waals surface area contributed by atoms with Crippen LogP contribution in [0.3, 0.4) is 0 Å². The number of hydrogen-bond donors (Lipinski definition) is 0. The van der Waals surface area contributed by atoms with E-state index in [1.807, 2.05) is 26.0 Å². The summed E-state index contributed by atoms with van der Waals surface area (Å²) in [5.74, 6) is -0.651. The summed E-state index contributed by atoms with van der Waals surface area (Å²) < 4.78 is 10.3. The molecule has 0 heterocycles. The van der Waals surface area contributed by atoms with Crippen molar-refractivity contribution < 1.29 is 23.9 Å². The largest absolute Gasteiger partial charge is 0.450 e. The molecule has 5 heteroatoms. The maximum atomic E-state index is 12.8. The lowest BCUT2D eigenvalue weighted by Crippen LogP contribution is -2.34. The highest BCUT2D eigenvalue weighted by molar-refractivity contribution is 6.14. The van der Waals surface area contributed by atoms with Crippen molar-refractivity contribution in [2.24, 2.45) is 0 Å². The number of Topliss-reactive ketones (excluding diaryl/α,β-unsaturated/α-hetero) is 1. The third-order valence-corrected chi connectivity index (χ3v) is 4.35. The van der Waals surface area contributed by atoms with Crippen molar-refractivity contribution in [1.29, 1.82) is 0 Å². The molecular weight excluding hydrogens is 308 g/mol. The first-order chi connectivity index (χ1) is 11.2. The Kier molecular flexibility index (Phi) is 3.67. The summed E-state index contributed by atoms with van der Waals surface area (Å²) in [5, 5.41) is 0. The van der Waals surface area contributed by atoms with E-state index in [1.54, 1.807) is 18.2 Å². The van der Waals surface area contributed by atoms with E-state index in [9.17, 15) is 14.4 Å². The highest BCUT2D eigenvalue weighted by Gasteiger charge is 2.44. The van der Waals surface area contributed by atoms with E-state index in [4.69, 9.17) is 9.47 Å². The molecule has 0 aromatic heterocycles. The van der Waals surface area contributed by atoms with Crippen LogP contribution in [0.25, 0.3) is 5.57 Å². The average molecular weight is 326 g/mol. The van der Waals surface area contributed by atoms with Crippen molar-refractivity contribution in [3.8, 4) is 5.75 Å². The van der Waals surface area contributed by atoms with Crippen LogP contribution in [0.1, 0.15) is 38.8 Å². The van der Waals surface area contributed by atoms with Crippen LogP contribution in [0.4, 0.5) is 0 Å². The van der Waals surface area contributed by atoms with E-state index in [-0.39, 0.29) is 5.78 Å². The summed E-state index contributed by atoms with van der Waals surface area (Å²) in [4.78, 5) is 35.2. The fourth-order valence-corrected chi connectivity index (χ4v) is 3.41. The van der Waals surface area contributed by atoms with E-state index in [0.717, 1.165) is 16.7 Å². The summed E-state index contributed by atoms with van der Waals surface area (Å²) in [5.41, 5.74) is 2.72. The Bertz CT molecular complexity index is 826. The number of hydrogen-bond acceptors (Lipinski definition) is 5. The number of carbonyl (C=O) groups is 3. The maximum Gasteiger partial charge on any atom is 0.308 e. The van der Waals surface area contributed by atoms with Gasteiger partial charge in [0.1, 0.15) is 5.75 Å². The molecule has 124 valence electrons. The lowest BCUT2D eigenvalue weighted by atomic mass is 9.77. The topological polar surface area (TPSA) is 69.7 Å². The predicted octanol–water partition coefficient (Wildman–Crippen LogP) is 2.73. The molecule has 1 aromatic rings. The monoisotopic (exact) mass is 326 g/mol. The fourth-order valence-electron chi connectivity index (χ4n) is 3.41. The number of carbonyl (C=O) groups excluding carboxylic acids is 3. The quantitative estimate of drug-likeness (QED) is 0.617. The van der Waals surface area contributed by atoms with E-state index >= 15 is 0 Å². The number of rotatable bonds is 2. The van der Waals surface area contributed by atoms with Gasteiger partial charge in [-0.2, -0.15) is 0 Å². The number of fused-ring (bicyclic) bond motifs is 2. The van der Waals surface area contributed by atoms with Crippen molar-refractivity contribution in [3.05, 3.63) is 47.1 Å². The molecule has 5 nitrogen and oxygen atoms in total. The molecule has 0 radical (unpaired) electrons. The van der Waals surface area contributed by atoms with Gasteiger partial charge in [0.25, 0.3) is 0 Å². The number of benzene rings is 1. The van der Waals surface area contributed by atoms with Gasteiger partial charge in [0, 0.05) is 24.8 Å². The van der Waals surface area contributed by atoms with Gasteiger partial charge < -0.3 is 9.47 Å². The second-order valence-corrected chi connectivity index (χ2v) is 6.47. The van der Waals surface area contributed by atoms with Gasteiger partial charge in [-0.05, 0) is 34.9 Å². The van der Waals surface area contributed by atoms with Gasteiger partial charge in [-0.15, -0.1) is 0 Å². The normalized spacial score (nSPS) is 20.5.